The average Bonchev–Trinajstić information content (AvgIpc) is 3.52. The summed E-state index contributed by atoms with van der Waals surface area (Å²) in [5.74, 6) is -1.18. The van der Waals surface area contributed by atoms with Crippen LogP contribution in [0.5, 0.6) is 0 Å². The van der Waals surface area contributed by atoms with Gasteiger partial charge in [-0.15, -0.1) is 5.10 Å². The van der Waals surface area contributed by atoms with Crippen molar-refractivity contribution in [3.8, 4) is 5.69 Å². The van der Waals surface area contributed by atoms with Crippen LogP contribution in [-0.4, -0.2) is 64.4 Å². The molecule has 1 fully saturated rings. The van der Waals surface area contributed by atoms with Crippen molar-refractivity contribution in [1.29, 1.82) is 0 Å². The van der Waals surface area contributed by atoms with E-state index in [-0.39, 0.29) is 34.7 Å². The second kappa shape index (κ2) is 12.0. The number of Topliss-reactive ketones (excluding diaryl/α,β-unsaturated/α-hetero) is 1. The summed E-state index contributed by atoms with van der Waals surface area (Å²) < 4.78 is 21.4. The quantitative estimate of drug-likeness (QED) is 0.295. The number of ether oxygens (including phenoxy) is 1. The fraction of sp³-hybridized carbons (Fsp3) is 0.312. The zero-order valence-electron chi connectivity index (χ0n) is 23.2. The number of hydrogen-bond acceptors (Lipinski definition) is 6. The van der Waals surface area contributed by atoms with E-state index in [2.05, 4.69) is 21.3 Å². The summed E-state index contributed by atoms with van der Waals surface area (Å²) in [6, 6.07) is 19.3. The summed E-state index contributed by atoms with van der Waals surface area (Å²) in [4.78, 5) is 31.9. The van der Waals surface area contributed by atoms with E-state index in [1.165, 1.54) is 23.0 Å². The van der Waals surface area contributed by atoms with E-state index in [9.17, 15) is 14.0 Å². The first-order chi connectivity index (χ1) is 20.4. The van der Waals surface area contributed by atoms with Crippen molar-refractivity contribution in [1.82, 2.24) is 19.9 Å². The molecule has 0 aliphatic carbocycles. The molecule has 0 radical (unpaired) electrons. The SMILES string of the molecule is COC1CCN(c2cccc3c2CCN(C(=O)c2cn(-c4cccc(Cl)c4F)nn2)C3C(=O)Cc2ccccc2)CC1. The van der Waals surface area contributed by atoms with Gasteiger partial charge in [0.05, 0.1) is 17.3 Å². The zero-order chi connectivity index (χ0) is 29.2. The Morgan fingerprint density at radius 2 is 1.71 bits per heavy atom. The highest BCUT2D eigenvalue weighted by Gasteiger charge is 2.38. The van der Waals surface area contributed by atoms with Gasteiger partial charge in [0, 0.05) is 38.9 Å². The monoisotopic (exact) mass is 587 g/mol. The number of aromatic nitrogens is 3. The van der Waals surface area contributed by atoms with E-state index in [1.807, 2.05) is 42.5 Å². The zero-order valence-corrected chi connectivity index (χ0v) is 24.0. The average molecular weight is 588 g/mol. The molecule has 2 aliphatic heterocycles. The number of anilines is 1. The molecule has 1 amide bonds. The third-order valence-corrected chi connectivity index (χ3v) is 8.48. The van der Waals surface area contributed by atoms with Crippen LogP contribution in [0.4, 0.5) is 10.1 Å². The molecular formula is C32H31ClFN5O3. The Bertz CT molecular complexity index is 1600. The lowest BCUT2D eigenvalue weighted by atomic mass is 9.86. The van der Waals surface area contributed by atoms with Crippen molar-refractivity contribution in [2.24, 2.45) is 0 Å². The van der Waals surface area contributed by atoms with Crippen LogP contribution < -0.4 is 4.90 Å². The number of halogens is 2. The number of carbonyl (C=O) groups is 2. The summed E-state index contributed by atoms with van der Waals surface area (Å²) in [6.45, 7) is 2.06. The Hall–Kier alpha value is -4.08. The molecule has 10 heteroatoms. The molecule has 8 nitrogen and oxygen atoms in total. The van der Waals surface area contributed by atoms with Gasteiger partial charge in [-0.25, -0.2) is 9.07 Å². The minimum atomic E-state index is -0.800. The van der Waals surface area contributed by atoms with Crippen LogP contribution in [-0.2, 0) is 22.4 Å². The van der Waals surface area contributed by atoms with Crippen molar-refractivity contribution < 1.29 is 18.7 Å². The maximum Gasteiger partial charge on any atom is 0.276 e. The first-order valence-electron chi connectivity index (χ1n) is 14.1. The molecule has 0 N–H and O–H groups in total. The van der Waals surface area contributed by atoms with Crippen molar-refractivity contribution >= 4 is 29.0 Å². The molecule has 4 aromatic rings. The Morgan fingerprint density at radius 1 is 0.976 bits per heavy atom. The van der Waals surface area contributed by atoms with E-state index in [0.717, 1.165) is 48.3 Å². The van der Waals surface area contributed by atoms with Gasteiger partial charge < -0.3 is 14.5 Å². The van der Waals surface area contributed by atoms with Crippen LogP contribution >= 0.6 is 11.6 Å². The molecular weight excluding hydrogens is 557 g/mol. The minimum Gasteiger partial charge on any atom is -0.381 e. The molecule has 1 aromatic heterocycles. The molecule has 1 atom stereocenters. The van der Waals surface area contributed by atoms with Crippen molar-refractivity contribution in [3.63, 3.8) is 0 Å². The van der Waals surface area contributed by atoms with Gasteiger partial charge in [-0.3, -0.25) is 9.59 Å². The van der Waals surface area contributed by atoms with Crippen LogP contribution in [0.15, 0.2) is 72.9 Å². The van der Waals surface area contributed by atoms with Gasteiger partial charge in [0.2, 0.25) is 0 Å². The van der Waals surface area contributed by atoms with Gasteiger partial charge in [0.25, 0.3) is 5.91 Å². The number of carbonyl (C=O) groups excluding carboxylic acids is 2. The highest BCUT2D eigenvalue weighted by molar-refractivity contribution is 6.30. The first kappa shape index (κ1) is 28.1. The first-order valence-corrected chi connectivity index (χ1v) is 14.5. The van der Waals surface area contributed by atoms with Gasteiger partial charge in [0.1, 0.15) is 11.7 Å². The Morgan fingerprint density at radius 3 is 2.48 bits per heavy atom. The molecule has 3 aromatic carbocycles. The third-order valence-electron chi connectivity index (χ3n) is 8.19. The molecule has 0 bridgehead atoms. The Kier molecular flexibility index (Phi) is 8.04. The highest BCUT2D eigenvalue weighted by Crippen LogP contribution is 2.38. The Labute approximate surface area is 248 Å². The number of piperidine rings is 1. The summed E-state index contributed by atoms with van der Waals surface area (Å²) in [5, 5.41) is 7.99. The molecule has 6 rings (SSSR count). The maximum absolute atomic E-state index is 14.7. The van der Waals surface area contributed by atoms with Crippen molar-refractivity contribution in [2.75, 3.05) is 31.6 Å². The number of nitrogens with zero attached hydrogens (tertiary/aromatic N) is 5. The number of amides is 1. The normalized spacial score (nSPS) is 17.3. The lowest BCUT2D eigenvalue weighted by Gasteiger charge is -2.40. The number of fused-ring (bicyclic) bond motifs is 1. The van der Waals surface area contributed by atoms with E-state index >= 15 is 0 Å². The van der Waals surface area contributed by atoms with Gasteiger partial charge in [0.15, 0.2) is 17.3 Å². The summed E-state index contributed by atoms with van der Waals surface area (Å²) in [7, 11) is 1.75. The molecule has 42 heavy (non-hydrogen) atoms. The number of methoxy groups -OCH3 is 1. The standard InChI is InChI=1S/C32H31ClFN5O3/c1-42-22-13-16-37(17-14-22)27-11-5-9-24-23(27)15-18-38(31(24)29(40)19-21-7-3-2-4-8-21)32(41)26-20-39(36-35-26)28-12-6-10-25(33)30(28)34/h2-12,20,22,31H,13-19H2,1H3. The molecule has 1 unspecified atom stereocenters. The van der Waals surface area contributed by atoms with Gasteiger partial charge >= 0.3 is 0 Å². The third kappa shape index (κ3) is 5.42. The number of hydrogen-bond donors (Lipinski definition) is 0. The maximum atomic E-state index is 14.7. The van der Waals surface area contributed by atoms with E-state index < -0.39 is 17.8 Å². The highest BCUT2D eigenvalue weighted by atomic mass is 35.5. The number of ketones is 1. The molecule has 0 saturated carbocycles. The van der Waals surface area contributed by atoms with Crippen molar-refractivity contribution in [3.05, 3.63) is 106 Å². The summed E-state index contributed by atoms with van der Waals surface area (Å²) in [5.41, 5.74) is 4.00. The fourth-order valence-electron chi connectivity index (χ4n) is 6.03. The molecule has 3 heterocycles. The fourth-order valence-corrected chi connectivity index (χ4v) is 6.20. The van der Waals surface area contributed by atoms with Crippen LogP contribution in [0, 0.1) is 5.82 Å². The van der Waals surface area contributed by atoms with Crippen LogP contribution in [0.2, 0.25) is 5.02 Å². The topological polar surface area (TPSA) is 80.6 Å². The Balaban J connectivity index is 1.34. The number of rotatable bonds is 7. The van der Waals surface area contributed by atoms with E-state index in [4.69, 9.17) is 16.3 Å². The molecule has 1 saturated heterocycles. The lowest BCUT2D eigenvalue weighted by molar-refractivity contribution is -0.123. The van der Waals surface area contributed by atoms with Crippen LogP contribution in [0.25, 0.3) is 5.69 Å². The molecule has 0 spiro atoms. The van der Waals surface area contributed by atoms with E-state index in [0.29, 0.717) is 13.0 Å². The minimum absolute atomic E-state index is 0.0214. The second-order valence-electron chi connectivity index (χ2n) is 10.7. The molecule has 2 aliphatic rings. The van der Waals surface area contributed by atoms with Crippen LogP contribution in [0.1, 0.15) is 46.1 Å². The van der Waals surface area contributed by atoms with E-state index in [1.54, 1.807) is 18.1 Å². The van der Waals surface area contributed by atoms with Gasteiger partial charge in [-0.1, -0.05) is 65.3 Å². The predicted octanol–water partition coefficient (Wildman–Crippen LogP) is 5.23. The lowest BCUT2D eigenvalue weighted by Crippen LogP contribution is -2.45. The molecule has 216 valence electrons. The number of benzene rings is 3. The summed E-state index contributed by atoms with van der Waals surface area (Å²) in [6.07, 6.45) is 4.27. The van der Waals surface area contributed by atoms with Gasteiger partial charge in [-0.2, -0.15) is 0 Å². The van der Waals surface area contributed by atoms with Crippen LogP contribution in [0.3, 0.4) is 0 Å². The van der Waals surface area contributed by atoms with Gasteiger partial charge in [-0.05, 0) is 54.2 Å². The largest absolute Gasteiger partial charge is 0.381 e. The smallest absolute Gasteiger partial charge is 0.276 e. The predicted molar refractivity (Wildman–Crippen MR) is 158 cm³/mol. The van der Waals surface area contributed by atoms with Crippen molar-refractivity contribution in [2.45, 2.75) is 37.8 Å². The summed E-state index contributed by atoms with van der Waals surface area (Å²) >= 11 is 5.95. The second-order valence-corrected chi connectivity index (χ2v) is 11.1.